The standard InChI is InChI=1S/C12H19NS/c1-12(2,3)8-7-14-10-6-4-5-9(13)11(8)10/h7,9H,4-6,13H2,1-3H3. The highest BCUT2D eigenvalue weighted by molar-refractivity contribution is 7.10. The van der Waals surface area contributed by atoms with E-state index in [1.54, 1.807) is 0 Å². The van der Waals surface area contributed by atoms with Gasteiger partial charge in [0.2, 0.25) is 0 Å². The summed E-state index contributed by atoms with van der Waals surface area (Å²) in [5.41, 5.74) is 9.39. The molecule has 1 atom stereocenters. The summed E-state index contributed by atoms with van der Waals surface area (Å²) >= 11 is 1.90. The topological polar surface area (TPSA) is 26.0 Å². The number of hydrogen-bond acceptors (Lipinski definition) is 2. The lowest BCUT2D eigenvalue weighted by molar-refractivity contribution is 0.534. The van der Waals surface area contributed by atoms with Gasteiger partial charge >= 0.3 is 0 Å². The minimum atomic E-state index is 0.249. The van der Waals surface area contributed by atoms with E-state index in [2.05, 4.69) is 26.2 Å². The molecule has 0 saturated carbocycles. The van der Waals surface area contributed by atoms with Gasteiger partial charge in [-0.2, -0.15) is 0 Å². The molecule has 0 bridgehead atoms. The van der Waals surface area contributed by atoms with Crippen LogP contribution < -0.4 is 5.73 Å². The van der Waals surface area contributed by atoms with E-state index in [-0.39, 0.29) is 5.41 Å². The monoisotopic (exact) mass is 209 g/mol. The highest BCUT2D eigenvalue weighted by atomic mass is 32.1. The molecule has 0 fully saturated rings. The first-order chi connectivity index (χ1) is 6.50. The molecular formula is C12H19NS. The Bertz CT molecular complexity index is 333. The Kier molecular flexibility index (Phi) is 2.44. The number of hydrogen-bond donors (Lipinski definition) is 1. The predicted molar refractivity (Wildman–Crippen MR) is 62.9 cm³/mol. The highest BCUT2D eigenvalue weighted by Gasteiger charge is 2.27. The van der Waals surface area contributed by atoms with Crippen molar-refractivity contribution >= 4 is 11.3 Å². The van der Waals surface area contributed by atoms with Crippen LogP contribution in [0.1, 0.15) is 55.7 Å². The van der Waals surface area contributed by atoms with Crippen molar-refractivity contribution < 1.29 is 0 Å². The van der Waals surface area contributed by atoms with Gasteiger partial charge in [0, 0.05) is 10.9 Å². The van der Waals surface area contributed by atoms with E-state index < -0.39 is 0 Å². The van der Waals surface area contributed by atoms with Crippen molar-refractivity contribution in [3.63, 3.8) is 0 Å². The van der Waals surface area contributed by atoms with Crippen LogP contribution in [0.25, 0.3) is 0 Å². The maximum atomic E-state index is 6.19. The number of nitrogens with two attached hydrogens (primary N) is 1. The van der Waals surface area contributed by atoms with Gasteiger partial charge in [0.25, 0.3) is 0 Å². The Morgan fingerprint density at radius 3 is 2.79 bits per heavy atom. The average molecular weight is 209 g/mol. The molecule has 0 radical (unpaired) electrons. The van der Waals surface area contributed by atoms with E-state index in [4.69, 9.17) is 5.73 Å². The Labute approximate surface area is 90.3 Å². The van der Waals surface area contributed by atoms with Crippen LogP contribution in [0.15, 0.2) is 5.38 Å². The fraction of sp³-hybridized carbons (Fsp3) is 0.667. The van der Waals surface area contributed by atoms with E-state index in [1.807, 2.05) is 11.3 Å². The van der Waals surface area contributed by atoms with Crippen LogP contribution in [-0.4, -0.2) is 0 Å². The number of aryl methyl sites for hydroxylation is 1. The normalized spacial score (nSPS) is 22.1. The van der Waals surface area contributed by atoms with Crippen molar-refractivity contribution in [3.05, 3.63) is 21.4 Å². The zero-order valence-electron chi connectivity index (χ0n) is 9.26. The zero-order chi connectivity index (χ0) is 10.3. The Morgan fingerprint density at radius 2 is 2.14 bits per heavy atom. The van der Waals surface area contributed by atoms with Gasteiger partial charge in [0.1, 0.15) is 0 Å². The lowest BCUT2D eigenvalue weighted by Crippen LogP contribution is -2.21. The van der Waals surface area contributed by atoms with Crippen LogP contribution in [0, 0.1) is 0 Å². The van der Waals surface area contributed by atoms with Crippen LogP contribution in [0.4, 0.5) is 0 Å². The molecular weight excluding hydrogens is 190 g/mol. The molecule has 1 aliphatic carbocycles. The first-order valence-electron chi connectivity index (χ1n) is 5.36. The zero-order valence-corrected chi connectivity index (χ0v) is 10.1. The van der Waals surface area contributed by atoms with Gasteiger partial charge in [-0.3, -0.25) is 0 Å². The molecule has 1 nitrogen and oxygen atoms in total. The van der Waals surface area contributed by atoms with Crippen LogP contribution in [0.3, 0.4) is 0 Å². The molecule has 2 N–H and O–H groups in total. The fourth-order valence-corrected chi connectivity index (χ4v) is 3.61. The molecule has 0 aromatic carbocycles. The number of fused-ring (bicyclic) bond motifs is 1. The third-order valence-corrected chi connectivity index (χ3v) is 4.07. The molecule has 0 saturated heterocycles. The van der Waals surface area contributed by atoms with Crippen molar-refractivity contribution in [2.24, 2.45) is 5.73 Å². The van der Waals surface area contributed by atoms with E-state index >= 15 is 0 Å². The maximum Gasteiger partial charge on any atom is 0.0309 e. The summed E-state index contributed by atoms with van der Waals surface area (Å²) in [6.45, 7) is 6.82. The van der Waals surface area contributed by atoms with E-state index in [1.165, 1.54) is 28.8 Å². The molecule has 1 aliphatic rings. The molecule has 1 heterocycles. The van der Waals surface area contributed by atoms with Crippen molar-refractivity contribution in [3.8, 4) is 0 Å². The first-order valence-corrected chi connectivity index (χ1v) is 6.24. The second-order valence-corrected chi connectivity index (χ2v) is 6.20. The molecule has 78 valence electrons. The van der Waals surface area contributed by atoms with Gasteiger partial charge in [0.15, 0.2) is 0 Å². The van der Waals surface area contributed by atoms with Gasteiger partial charge in [-0.25, -0.2) is 0 Å². The minimum Gasteiger partial charge on any atom is -0.324 e. The SMILES string of the molecule is CC(C)(C)c1csc2c1C(N)CCC2. The van der Waals surface area contributed by atoms with Crippen molar-refractivity contribution in [1.82, 2.24) is 0 Å². The van der Waals surface area contributed by atoms with Crippen molar-refractivity contribution in [2.45, 2.75) is 51.5 Å². The second kappa shape index (κ2) is 3.35. The van der Waals surface area contributed by atoms with Gasteiger partial charge in [-0.05, 0) is 41.2 Å². The molecule has 1 aromatic rings. The van der Waals surface area contributed by atoms with Crippen molar-refractivity contribution in [2.75, 3.05) is 0 Å². The molecule has 0 spiro atoms. The van der Waals surface area contributed by atoms with Crippen LogP contribution in [0.5, 0.6) is 0 Å². The van der Waals surface area contributed by atoms with E-state index in [0.29, 0.717) is 6.04 Å². The third kappa shape index (κ3) is 1.61. The number of thiophene rings is 1. The van der Waals surface area contributed by atoms with Gasteiger partial charge in [0.05, 0.1) is 0 Å². The summed E-state index contributed by atoms with van der Waals surface area (Å²) in [7, 11) is 0. The highest BCUT2D eigenvalue weighted by Crippen LogP contribution is 2.40. The summed E-state index contributed by atoms with van der Waals surface area (Å²) < 4.78 is 0. The Morgan fingerprint density at radius 1 is 1.43 bits per heavy atom. The largest absolute Gasteiger partial charge is 0.324 e. The lowest BCUT2D eigenvalue weighted by Gasteiger charge is -2.26. The number of rotatable bonds is 0. The maximum absolute atomic E-state index is 6.19. The third-order valence-electron chi connectivity index (χ3n) is 3.01. The van der Waals surface area contributed by atoms with Gasteiger partial charge < -0.3 is 5.73 Å². The molecule has 14 heavy (non-hydrogen) atoms. The quantitative estimate of drug-likeness (QED) is 0.696. The molecule has 2 heteroatoms. The van der Waals surface area contributed by atoms with Crippen LogP contribution >= 0.6 is 11.3 Å². The average Bonchev–Trinajstić information content (AvgIpc) is 2.47. The Hall–Kier alpha value is -0.340. The van der Waals surface area contributed by atoms with Crippen LogP contribution in [0.2, 0.25) is 0 Å². The van der Waals surface area contributed by atoms with Gasteiger partial charge in [-0.1, -0.05) is 20.8 Å². The minimum absolute atomic E-state index is 0.249. The van der Waals surface area contributed by atoms with E-state index in [9.17, 15) is 0 Å². The molecule has 0 aliphatic heterocycles. The van der Waals surface area contributed by atoms with Crippen molar-refractivity contribution in [1.29, 1.82) is 0 Å². The molecule has 2 rings (SSSR count). The summed E-state index contributed by atoms with van der Waals surface area (Å²) in [6, 6.07) is 0.291. The van der Waals surface area contributed by atoms with Gasteiger partial charge in [-0.15, -0.1) is 11.3 Å². The predicted octanol–water partition coefficient (Wildman–Crippen LogP) is 3.38. The molecule has 1 unspecified atom stereocenters. The summed E-state index contributed by atoms with van der Waals surface area (Å²) in [4.78, 5) is 1.54. The second-order valence-electron chi connectivity index (χ2n) is 5.23. The lowest BCUT2D eigenvalue weighted by atomic mass is 9.81. The summed E-state index contributed by atoms with van der Waals surface area (Å²) in [5, 5.41) is 2.32. The smallest absolute Gasteiger partial charge is 0.0309 e. The Balaban J connectivity index is 2.49. The summed E-state index contributed by atoms with van der Waals surface area (Å²) in [5.74, 6) is 0. The molecule has 1 aromatic heterocycles. The fourth-order valence-electron chi connectivity index (χ4n) is 2.21. The van der Waals surface area contributed by atoms with E-state index in [0.717, 1.165) is 6.42 Å². The summed E-state index contributed by atoms with van der Waals surface area (Å²) in [6.07, 6.45) is 3.66. The van der Waals surface area contributed by atoms with Crippen LogP contribution in [-0.2, 0) is 11.8 Å². The molecule has 0 amide bonds. The first kappa shape index (κ1) is 10.2.